The van der Waals surface area contributed by atoms with Gasteiger partial charge in [0, 0.05) is 70.0 Å². The van der Waals surface area contributed by atoms with E-state index in [-0.39, 0.29) is 17.8 Å². The summed E-state index contributed by atoms with van der Waals surface area (Å²) in [4.78, 5) is 9.36. The number of rotatable bonds is 21. The highest BCUT2D eigenvalue weighted by molar-refractivity contribution is 7.85. The Balaban J connectivity index is -0.000000688. The van der Waals surface area contributed by atoms with Gasteiger partial charge in [0.1, 0.15) is 0 Å². The Morgan fingerprint density at radius 1 is 0.627 bits per heavy atom. The first-order valence-corrected chi connectivity index (χ1v) is 28.6. The molecule has 1 rings (SSSR count). The Hall–Kier alpha value is -0.0525. The second-order valence-electron chi connectivity index (χ2n) is 13.1. The predicted octanol–water partition coefficient (Wildman–Crippen LogP) is 6.09. The van der Waals surface area contributed by atoms with Gasteiger partial charge in [0.25, 0.3) is 10.1 Å². The van der Waals surface area contributed by atoms with Crippen LogP contribution in [-0.4, -0.2) is 133 Å². The number of benzene rings is 1. The van der Waals surface area contributed by atoms with Crippen molar-refractivity contribution < 1.29 is 57.9 Å². The van der Waals surface area contributed by atoms with E-state index in [2.05, 4.69) is 50.0 Å². The van der Waals surface area contributed by atoms with Crippen LogP contribution in [0.1, 0.15) is 44.7 Å². The lowest BCUT2D eigenvalue weighted by molar-refractivity contribution is 0.0397. The van der Waals surface area contributed by atoms with E-state index in [9.17, 15) is 13.2 Å². The first kappa shape index (κ1) is 55.3. The van der Waals surface area contributed by atoms with Crippen LogP contribution < -0.4 is 0 Å². The lowest BCUT2D eigenvalue weighted by Crippen LogP contribution is -2.43. The summed E-state index contributed by atoms with van der Waals surface area (Å²) in [6.07, 6.45) is 3.15. The van der Waals surface area contributed by atoms with Crippen molar-refractivity contribution in [3.8, 4) is 0 Å². The molecule has 306 valence electrons. The highest BCUT2D eigenvalue weighted by Crippen LogP contribution is 2.19. The standard InChI is InChI=1S/C16H30O5Si2.C6H16O2SSi.C5H14O5SSi.C5H12O/c1-17-22(6,18-2)13-11-15-7-9-16(10-8-15)12-14-23(19-3,20-4)21-5;1-7-10(3,8-2)6-4-5-9;1-10-12(2,9)5-3-4-11(6,7)8;1-5(2,3)6-4/h7-10H,11-14H2,1-6H3;9H,4-6H2,1-3H3;9H,3-5H2,1-2H3,(H,6,7,8);1-4H3. The number of methoxy groups -OCH3 is 1. The van der Waals surface area contributed by atoms with E-state index < -0.39 is 44.6 Å². The quantitative estimate of drug-likeness (QED) is 0.0743. The molecule has 51 heavy (non-hydrogen) atoms. The third-order valence-electron chi connectivity index (χ3n) is 8.15. The van der Waals surface area contributed by atoms with E-state index in [0.29, 0.717) is 6.04 Å². The van der Waals surface area contributed by atoms with Gasteiger partial charge in [-0.05, 0) is 101 Å². The van der Waals surface area contributed by atoms with Crippen LogP contribution in [0.4, 0.5) is 0 Å². The Bertz CT molecular complexity index is 1070. The van der Waals surface area contributed by atoms with Crippen LogP contribution in [0.5, 0.6) is 0 Å². The summed E-state index contributed by atoms with van der Waals surface area (Å²) >= 11 is 4.12. The second kappa shape index (κ2) is 28.4. The minimum atomic E-state index is -3.90. The highest BCUT2D eigenvalue weighted by Gasteiger charge is 2.37. The Kier molecular flexibility index (Phi) is 30.8. The monoisotopic (exact) mass is 840 g/mol. The minimum Gasteiger partial charge on any atom is -0.411 e. The average molecular weight is 841 g/mol. The number of thiol groups is 1. The van der Waals surface area contributed by atoms with Gasteiger partial charge in [-0.1, -0.05) is 24.3 Å². The minimum absolute atomic E-state index is 0.0417. The lowest BCUT2D eigenvalue weighted by atomic mass is 10.1. The molecule has 19 heteroatoms. The molecule has 0 bridgehead atoms. The molecule has 1 atom stereocenters. The van der Waals surface area contributed by atoms with Crippen LogP contribution in [0.25, 0.3) is 0 Å². The van der Waals surface area contributed by atoms with Gasteiger partial charge >= 0.3 is 34.5 Å². The fourth-order valence-electron chi connectivity index (χ4n) is 3.76. The first-order chi connectivity index (χ1) is 23.5. The van der Waals surface area contributed by atoms with Crippen LogP contribution in [-0.2, 0) is 63.1 Å². The van der Waals surface area contributed by atoms with E-state index in [0.717, 1.165) is 43.1 Å². The third-order valence-corrected chi connectivity index (χ3v) is 20.0. The summed E-state index contributed by atoms with van der Waals surface area (Å²) < 4.78 is 76.5. The number of hydrogen-bond donors (Lipinski definition) is 3. The van der Waals surface area contributed by atoms with Crippen LogP contribution >= 0.6 is 12.6 Å². The summed E-state index contributed by atoms with van der Waals surface area (Å²) in [6, 6.07) is 11.7. The maximum atomic E-state index is 10.3. The van der Waals surface area contributed by atoms with Gasteiger partial charge < -0.3 is 44.9 Å². The molecule has 1 unspecified atom stereocenters. The summed E-state index contributed by atoms with van der Waals surface area (Å²) in [6.45, 7) is 11.8. The van der Waals surface area contributed by atoms with E-state index in [4.69, 9.17) is 44.7 Å². The third kappa shape index (κ3) is 29.9. The molecule has 1 aromatic rings. The fourth-order valence-corrected chi connectivity index (χ4v) is 10.4. The molecular weight excluding hydrogens is 769 g/mol. The van der Waals surface area contributed by atoms with Crippen molar-refractivity contribution in [3.63, 3.8) is 0 Å². The molecule has 0 aromatic heterocycles. The van der Waals surface area contributed by atoms with Gasteiger partial charge in [-0.15, -0.1) is 0 Å². The topological polar surface area (TPSA) is 158 Å². The molecule has 0 radical (unpaired) electrons. The molecule has 0 amide bonds. The van der Waals surface area contributed by atoms with Gasteiger partial charge in [-0.25, -0.2) is 0 Å². The normalized spacial score (nSPS) is 13.5. The van der Waals surface area contributed by atoms with Crippen molar-refractivity contribution in [1.29, 1.82) is 0 Å². The lowest BCUT2D eigenvalue weighted by Gasteiger charge is -2.24. The van der Waals surface area contributed by atoms with Crippen molar-refractivity contribution in [2.24, 2.45) is 0 Å². The van der Waals surface area contributed by atoms with Gasteiger partial charge in [0.05, 0.1) is 11.4 Å². The number of aryl methyl sites for hydroxylation is 2. The molecule has 0 saturated carbocycles. The molecule has 0 aliphatic carbocycles. The van der Waals surface area contributed by atoms with Crippen LogP contribution in [0.3, 0.4) is 0 Å². The summed E-state index contributed by atoms with van der Waals surface area (Å²) in [5.41, 5.74) is 2.60. The first-order valence-electron chi connectivity index (χ1n) is 16.8. The van der Waals surface area contributed by atoms with Crippen molar-refractivity contribution in [3.05, 3.63) is 35.4 Å². The molecule has 0 fully saturated rings. The predicted molar refractivity (Wildman–Crippen MR) is 218 cm³/mol. The Morgan fingerprint density at radius 2 is 1.00 bits per heavy atom. The summed E-state index contributed by atoms with van der Waals surface area (Å²) in [7, 11) is 2.13. The molecule has 1 aromatic carbocycles. The molecule has 2 N–H and O–H groups in total. The maximum Gasteiger partial charge on any atom is 0.500 e. The van der Waals surface area contributed by atoms with Crippen molar-refractivity contribution >= 4 is 57.2 Å². The SMILES string of the molecule is COC(C)(C)C.CO[Si](C)(CCCS)OC.CO[Si](C)(CCc1ccc(CC[Si](OC)(OC)OC)cc1)OC.CO[Si](C)(O)CCCS(=O)(=O)O. The van der Waals surface area contributed by atoms with Crippen molar-refractivity contribution in [1.82, 2.24) is 0 Å². The molecule has 0 aliphatic heterocycles. The maximum absolute atomic E-state index is 10.3. The van der Waals surface area contributed by atoms with E-state index in [1.54, 1.807) is 63.4 Å². The molecule has 0 aliphatic rings. The van der Waals surface area contributed by atoms with E-state index in [1.807, 2.05) is 20.8 Å². The Labute approximate surface area is 320 Å². The molecule has 13 nitrogen and oxygen atoms in total. The van der Waals surface area contributed by atoms with Gasteiger partial charge in [0.2, 0.25) is 0 Å². The number of hydrogen-bond acceptors (Lipinski definition) is 13. The molecule has 0 saturated heterocycles. The van der Waals surface area contributed by atoms with Gasteiger partial charge in [-0.2, -0.15) is 21.0 Å². The highest BCUT2D eigenvalue weighted by atomic mass is 32.2. The summed E-state index contributed by atoms with van der Waals surface area (Å²) in [5.74, 6) is 0.592. The van der Waals surface area contributed by atoms with Crippen LogP contribution in [0, 0.1) is 0 Å². The van der Waals surface area contributed by atoms with Gasteiger partial charge in [0.15, 0.2) is 0 Å². The fraction of sp³-hybridized carbons (Fsp3) is 0.812. The van der Waals surface area contributed by atoms with Gasteiger partial charge in [-0.3, -0.25) is 4.55 Å². The van der Waals surface area contributed by atoms with Crippen LogP contribution in [0.15, 0.2) is 24.3 Å². The zero-order chi connectivity index (χ0) is 40.4. The van der Waals surface area contributed by atoms with Crippen molar-refractivity contribution in [2.45, 2.75) is 95.9 Å². The zero-order valence-corrected chi connectivity index (χ0v) is 39.8. The number of ether oxygens (including phenoxy) is 1. The Morgan fingerprint density at radius 3 is 1.29 bits per heavy atom. The molecule has 0 spiro atoms. The summed E-state index contributed by atoms with van der Waals surface area (Å²) in [5, 5.41) is 0. The molecule has 0 heterocycles. The largest absolute Gasteiger partial charge is 0.500 e. The zero-order valence-electron chi connectivity index (χ0n) is 34.1. The van der Waals surface area contributed by atoms with Crippen molar-refractivity contribution in [2.75, 3.05) is 75.5 Å². The van der Waals surface area contributed by atoms with Crippen LogP contribution in [0.2, 0.25) is 43.8 Å². The second-order valence-corrected chi connectivity index (χ2v) is 28.6. The smallest absolute Gasteiger partial charge is 0.411 e. The molecular formula is C32H72O13S2Si4. The average Bonchev–Trinajstić information content (AvgIpc) is 3.10. The van der Waals surface area contributed by atoms with E-state index in [1.165, 1.54) is 18.2 Å². The van der Waals surface area contributed by atoms with E-state index >= 15 is 0 Å².